The van der Waals surface area contributed by atoms with Crippen molar-refractivity contribution in [2.45, 2.75) is 40.2 Å². The number of ether oxygens (including phenoxy) is 2. The molecule has 3 heterocycles. The summed E-state index contributed by atoms with van der Waals surface area (Å²) < 4.78 is 10.4. The van der Waals surface area contributed by atoms with Crippen molar-refractivity contribution < 1.29 is 23.9 Å². The molecular weight excluding hydrogens is 608 g/mol. The predicted octanol–water partition coefficient (Wildman–Crippen LogP) is 4.39. The molecule has 3 N–H and O–H groups in total. The molecule has 236 valence electrons. The van der Waals surface area contributed by atoms with Gasteiger partial charge in [-0.1, -0.05) is 35.1 Å². The number of halogens is 1. The standard InChI is InChI=1S/C29H37ClN8O5S/c1-18-7-6-8-20(30)25(18)36-26(40)21-16-31-27(44-21)35-22-15-23(34-19(2)33-22)38-11-9-37(10-12-38)13-14-42-24(39)17-32-28(41)43-29(3,4)5/h6-8,15-16H,9-14,17H2,1-5H3,(H,32,41)(H,36,40)(H,31,33,34,35). The summed E-state index contributed by atoms with van der Waals surface area (Å²) in [6.45, 7) is 12.5. The van der Waals surface area contributed by atoms with E-state index < -0.39 is 17.7 Å². The van der Waals surface area contributed by atoms with Gasteiger partial charge in [-0.15, -0.1) is 0 Å². The molecule has 0 unspecified atom stereocenters. The van der Waals surface area contributed by atoms with Gasteiger partial charge in [-0.05, 0) is 46.2 Å². The first-order valence-corrected chi connectivity index (χ1v) is 15.3. The maximum absolute atomic E-state index is 12.8. The molecule has 0 bridgehead atoms. The Bertz CT molecular complexity index is 1470. The Hall–Kier alpha value is -4.01. The number of nitrogens with one attached hydrogen (secondary N) is 3. The number of para-hydroxylation sites is 1. The molecule has 44 heavy (non-hydrogen) atoms. The second-order valence-electron chi connectivity index (χ2n) is 11.1. The third kappa shape index (κ3) is 9.76. The Kier molecular flexibility index (Phi) is 10.9. The lowest BCUT2D eigenvalue weighted by Crippen LogP contribution is -2.47. The van der Waals surface area contributed by atoms with Gasteiger partial charge >= 0.3 is 12.1 Å². The van der Waals surface area contributed by atoms with Crippen LogP contribution >= 0.6 is 22.9 Å². The van der Waals surface area contributed by atoms with E-state index in [-0.39, 0.29) is 19.1 Å². The molecule has 0 radical (unpaired) electrons. The van der Waals surface area contributed by atoms with Crippen LogP contribution in [0.1, 0.15) is 41.8 Å². The minimum absolute atomic E-state index is 0.224. The number of aryl methyl sites for hydroxylation is 2. The van der Waals surface area contributed by atoms with Gasteiger partial charge in [-0.25, -0.2) is 19.7 Å². The molecule has 0 atom stereocenters. The normalized spacial score (nSPS) is 13.7. The van der Waals surface area contributed by atoms with E-state index in [9.17, 15) is 14.4 Å². The van der Waals surface area contributed by atoms with E-state index in [0.29, 0.717) is 38.9 Å². The van der Waals surface area contributed by atoms with Gasteiger partial charge in [0.05, 0.1) is 16.9 Å². The highest BCUT2D eigenvalue weighted by Crippen LogP contribution is 2.28. The molecule has 1 fully saturated rings. The number of carbonyl (C=O) groups excluding carboxylic acids is 3. The van der Waals surface area contributed by atoms with Crippen LogP contribution in [0.5, 0.6) is 0 Å². The Balaban J connectivity index is 1.24. The Labute approximate surface area is 265 Å². The van der Waals surface area contributed by atoms with E-state index >= 15 is 0 Å². The highest BCUT2D eigenvalue weighted by Gasteiger charge is 2.21. The van der Waals surface area contributed by atoms with Crippen LogP contribution in [0, 0.1) is 13.8 Å². The average molecular weight is 645 g/mol. The van der Waals surface area contributed by atoms with E-state index in [1.54, 1.807) is 26.8 Å². The second-order valence-corrected chi connectivity index (χ2v) is 12.5. The lowest BCUT2D eigenvalue weighted by atomic mass is 10.2. The average Bonchev–Trinajstić information content (AvgIpc) is 3.41. The molecule has 2 aromatic heterocycles. The molecule has 1 aromatic carbocycles. The minimum atomic E-state index is -0.660. The smallest absolute Gasteiger partial charge is 0.408 e. The molecular formula is C29H37ClN8O5S. The summed E-state index contributed by atoms with van der Waals surface area (Å²) in [6, 6.07) is 7.29. The number of carbonyl (C=O) groups is 3. The summed E-state index contributed by atoms with van der Waals surface area (Å²) in [7, 11) is 0. The van der Waals surface area contributed by atoms with Crippen molar-refractivity contribution in [3.63, 3.8) is 0 Å². The molecule has 1 saturated heterocycles. The number of aromatic nitrogens is 3. The van der Waals surface area contributed by atoms with E-state index in [2.05, 4.69) is 40.7 Å². The number of esters is 1. The quantitative estimate of drug-likeness (QED) is 0.270. The highest BCUT2D eigenvalue weighted by molar-refractivity contribution is 7.17. The molecule has 0 spiro atoms. The van der Waals surface area contributed by atoms with Crippen LogP contribution < -0.4 is 20.9 Å². The van der Waals surface area contributed by atoms with Crippen LogP contribution in [0.15, 0.2) is 30.5 Å². The van der Waals surface area contributed by atoms with Crippen molar-refractivity contribution in [3.8, 4) is 0 Å². The van der Waals surface area contributed by atoms with E-state index in [1.165, 1.54) is 17.5 Å². The number of rotatable bonds is 10. The number of amides is 2. The summed E-state index contributed by atoms with van der Waals surface area (Å²) in [5.41, 5.74) is 0.806. The van der Waals surface area contributed by atoms with Gasteiger partial charge in [0.2, 0.25) is 0 Å². The molecule has 13 nitrogen and oxygen atoms in total. The molecule has 0 aliphatic carbocycles. The van der Waals surface area contributed by atoms with Crippen molar-refractivity contribution in [1.82, 2.24) is 25.2 Å². The molecule has 1 aliphatic heterocycles. The molecule has 4 rings (SSSR count). The molecule has 0 saturated carbocycles. The zero-order valence-electron chi connectivity index (χ0n) is 25.4. The fourth-order valence-corrected chi connectivity index (χ4v) is 5.28. The topological polar surface area (TPSA) is 151 Å². The van der Waals surface area contributed by atoms with E-state index in [4.69, 9.17) is 21.1 Å². The first-order chi connectivity index (χ1) is 20.9. The number of hydrogen-bond donors (Lipinski definition) is 3. The van der Waals surface area contributed by atoms with Crippen molar-refractivity contribution in [2.75, 3.05) is 61.4 Å². The van der Waals surface area contributed by atoms with Crippen molar-refractivity contribution in [3.05, 3.63) is 51.7 Å². The van der Waals surface area contributed by atoms with Gasteiger partial charge in [0.25, 0.3) is 5.91 Å². The third-order valence-corrected chi connectivity index (χ3v) is 7.62. The first-order valence-electron chi connectivity index (χ1n) is 14.1. The summed E-state index contributed by atoms with van der Waals surface area (Å²) in [5.74, 6) is 1.14. The summed E-state index contributed by atoms with van der Waals surface area (Å²) in [5, 5.41) is 9.45. The van der Waals surface area contributed by atoms with Gasteiger partial charge in [0.1, 0.15) is 41.1 Å². The van der Waals surface area contributed by atoms with E-state index in [1.807, 2.05) is 32.0 Å². The second kappa shape index (κ2) is 14.6. The monoisotopic (exact) mass is 644 g/mol. The lowest BCUT2D eigenvalue weighted by molar-refractivity contribution is -0.143. The number of alkyl carbamates (subject to hydrolysis) is 1. The zero-order valence-corrected chi connectivity index (χ0v) is 27.0. The van der Waals surface area contributed by atoms with Crippen LogP contribution in [0.2, 0.25) is 5.02 Å². The molecule has 2 amide bonds. The molecule has 3 aromatic rings. The van der Waals surface area contributed by atoms with Crippen LogP contribution in [0.3, 0.4) is 0 Å². The summed E-state index contributed by atoms with van der Waals surface area (Å²) in [4.78, 5) is 54.7. The van der Waals surface area contributed by atoms with Gasteiger partial charge in [-0.2, -0.15) is 0 Å². The van der Waals surface area contributed by atoms with Crippen LogP contribution in [-0.4, -0.2) is 89.3 Å². The van der Waals surface area contributed by atoms with Crippen molar-refractivity contribution in [2.24, 2.45) is 0 Å². The van der Waals surface area contributed by atoms with Gasteiger partial charge in [0, 0.05) is 38.8 Å². The highest BCUT2D eigenvalue weighted by atomic mass is 35.5. The van der Waals surface area contributed by atoms with Gasteiger partial charge < -0.3 is 30.3 Å². The number of thiazole rings is 1. The SMILES string of the molecule is Cc1nc(Nc2ncc(C(=O)Nc3c(C)cccc3Cl)s2)cc(N2CCN(CCOC(=O)CNC(=O)OC(C)(C)C)CC2)n1. The van der Waals surface area contributed by atoms with Gasteiger partial charge in [-0.3, -0.25) is 14.5 Å². The fraction of sp³-hybridized carbons (Fsp3) is 0.448. The van der Waals surface area contributed by atoms with Crippen molar-refractivity contribution >= 4 is 63.4 Å². The maximum atomic E-state index is 12.8. The molecule has 1 aliphatic rings. The van der Waals surface area contributed by atoms with E-state index in [0.717, 1.165) is 37.6 Å². The summed E-state index contributed by atoms with van der Waals surface area (Å²) >= 11 is 7.46. The lowest BCUT2D eigenvalue weighted by Gasteiger charge is -2.35. The van der Waals surface area contributed by atoms with Crippen molar-refractivity contribution in [1.29, 1.82) is 0 Å². The minimum Gasteiger partial charge on any atom is -0.463 e. The molecule has 15 heteroatoms. The Morgan fingerprint density at radius 2 is 1.84 bits per heavy atom. The zero-order chi connectivity index (χ0) is 31.9. The largest absolute Gasteiger partial charge is 0.463 e. The van der Waals surface area contributed by atoms with Crippen LogP contribution in [-0.2, 0) is 14.3 Å². The predicted molar refractivity (Wildman–Crippen MR) is 170 cm³/mol. The Morgan fingerprint density at radius 1 is 1.09 bits per heavy atom. The summed E-state index contributed by atoms with van der Waals surface area (Å²) in [6.07, 6.45) is 0.852. The number of nitrogens with zero attached hydrogens (tertiary/aromatic N) is 5. The van der Waals surface area contributed by atoms with Crippen LogP contribution in [0.4, 0.5) is 27.2 Å². The fourth-order valence-electron chi connectivity index (χ4n) is 4.29. The number of hydrogen-bond acceptors (Lipinski definition) is 12. The number of piperazine rings is 1. The van der Waals surface area contributed by atoms with Gasteiger partial charge in [0.15, 0.2) is 5.13 Å². The Morgan fingerprint density at radius 3 is 2.55 bits per heavy atom. The van der Waals surface area contributed by atoms with Crippen LogP contribution in [0.25, 0.3) is 0 Å². The first kappa shape index (κ1) is 32.9. The number of anilines is 4. The number of benzene rings is 1. The maximum Gasteiger partial charge on any atom is 0.408 e. The third-order valence-electron chi connectivity index (χ3n) is 6.39.